The van der Waals surface area contributed by atoms with E-state index in [1.54, 1.807) is 0 Å². The van der Waals surface area contributed by atoms with Crippen molar-refractivity contribution in [2.24, 2.45) is 0 Å². The van der Waals surface area contributed by atoms with E-state index < -0.39 is 5.97 Å². The molecule has 0 aliphatic carbocycles. The number of carboxylic acid groups (broad SMARTS) is 1. The van der Waals surface area contributed by atoms with Crippen LogP contribution in [0.3, 0.4) is 0 Å². The Morgan fingerprint density at radius 3 is 2.80 bits per heavy atom. The minimum atomic E-state index is -0.715. The molecule has 7 heteroatoms. The zero-order chi connectivity index (χ0) is 16.5. The fourth-order valence-electron chi connectivity index (χ4n) is 3.68. The zero-order valence-corrected chi connectivity index (χ0v) is 14.9. The Morgan fingerprint density at radius 2 is 2.04 bits per heavy atom. The highest BCUT2D eigenvalue weighted by molar-refractivity contribution is 7.11. The van der Waals surface area contributed by atoms with Crippen LogP contribution in [0.25, 0.3) is 5.57 Å². The summed E-state index contributed by atoms with van der Waals surface area (Å²) in [5.74, 6) is 0.387. The van der Waals surface area contributed by atoms with Gasteiger partial charge in [-0.3, -0.25) is 4.79 Å². The number of likely N-dealkylation sites (tertiary alicyclic amines) is 1. The van der Waals surface area contributed by atoms with Gasteiger partial charge in [0.2, 0.25) is 0 Å². The summed E-state index contributed by atoms with van der Waals surface area (Å²) < 4.78 is 2.27. The van der Waals surface area contributed by atoms with Crippen molar-refractivity contribution in [2.45, 2.75) is 32.2 Å². The Hall–Kier alpha value is -1.96. The number of imidazole rings is 1. The summed E-state index contributed by atoms with van der Waals surface area (Å²) in [6, 6.07) is 2.25. The van der Waals surface area contributed by atoms with E-state index in [0.717, 1.165) is 44.7 Å². The Kier molecular flexibility index (Phi) is 5.36. The summed E-state index contributed by atoms with van der Waals surface area (Å²) in [4.78, 5) is 19.1. The number of nitrogens with zero attached hydrogens (tertiary/aromatic N) is 3. The lowest BCUT2D eigenvalue weighted by Crippen LogP contribution is -2.33. The lowest BCUT2D eigenvalue weighted by atomic mass is 9.95. The molecule has 0 spiro atoms. The molecule has 1 saturated heterocycles. The Morgan fingerprint density at radius 1 is 1.24 bits per heavy atom. The van der Waals surface area contributed by atoms with Gasteiger partial charge in [0.05, 0.1) is 6.42 Å². The lowest BCUT2D eigenvalue weighted by molar-refractivity contribution is -0.137. The SMILES string of the molecule is O.O=C(O)CCN1CCC(=C2c3sccc3CCn3ccnc32)CC1. The first kappa shape index (κ1) is 17.8. The largest absolute Gasteiger partial charge is 0.481 e. The quantitative estimate of drug-likeness (QED) is 0.906. The van der Waals surface area contributed by atoms with Crippen molar-refractivity contribution >= 4 is 22.9 Å². The van der Waals surface area contributed by atoms with Crippen molar-refractivity contribution < 1.29 is 15.4 Å². The number of rotatable bonds is 3. The molecule has 134 valence electrons. The third-order valence-electron chi connectivity index (χ3n) is 4.99. The summed E-state index contributed by atoms with van der Waals surface area (Å²) in [6.45, 7) is 3.51. The van der Waals surface area contributed by atoms with E-state index in [-0.39, 0.29) is 11.9 Å². The van der Waals surface area contributed by atoms with Gasteiger partial charge in [-0.1, -0.05) is 5.57 Å². The normalized spacial score (nSPS) is 17.4. The van der Waals surface area contributed by atoms with Crippen LogP contribution in [0.2, 0.25) is 0 Å². The summed E-state index contributed by atoms with van der Waals surface area (Å²) in [6.07, 6.45) is 7.26. The molecule has 6 nitrogen and oxygen atoms in total. The predicted molar refractivity (Wildman–Crippen MR) is 97.8 cm³/mol. The maximum Gasteiger partial charge on any atom is 0.304 e. The van der Waals surface area contributed by atoms with Gasteiger partial charge in [-0.25, -0.2) is 4.98 Å². The molecule has 1 fully saturated rings. The monoisotopic (exact) mass is 361 g/mol. The minimum absolute atomic E-state index is 0. The molecule has 0 bridgehead atoms. The highest BCUT2D eigenvalue weighted by Gasteiger charge is 2.25. The van der Waals surface area contributed by atoms with Crippen LogP contribution in [0.4, 0.5) is 0 Å². The van der Waals surface area contributed by atoms with Crippen LogP contribution in [0.15, 0.2) is 29.4 Å². The van der Waals surface area contributed by atoms with Crippen molar-refractivity contribution in [3.8, 4) is 0 Å². The molecule has 2 aliphatic rings. The number of aromatic nitrogens is 2. The summed E-state index contributed by atoms with van der Waals surface area (Å²) in [5.41, 5.74) is 4.24. The van der Waals surface area contributed by atoms with Gasteiger partial charge in [-0.05, 0) is 36.3 Å². The zero-order valence-electron chi connectivity index (χ0n) is 14.1. The van der Waals surface area contributed by atoms with Gasteiger partial charge in [0, 0.05) is 49.0 Å². The van der Waals surface area contributed by atoms with Gasteiger partial charge in [0.15, 0.2) is 0 Å². The van der Waals surface area contributed by atoms with E-state index in [2.05, 4.69) is 32.1 Å². The van der Waals surface area contributed by atoms with E-state index >= 15 is 0 Å². The average molecular weight is 361 g/mol. The Bertz CT molecular complexity index is 739. The molecule has 3 N–H and O–H groups in total. The van der Waals surface area contributed by atoms with Crippen molar-refractivity contribution in [2.75, 3.05) is 19.6 Å². The van der Waals surface area contributed by atoms with Gasteiger partial charge < -0.3 is 20.0 Å². The number of aryl methyl sites for hydroxylation is 2. The van der Waals surface area contributed by atoms with Crippen LogP contribution >= 0.6 is 11.3 Å². The molecular formula is C18H23N3O3S. The molecule has 4 heterocycles. The number of hydrogen-bond donors (Lipinski definition) is 1. The number of thiophene rings is 1. The van der Waals surface area contributed by atoms with E-state index in [1.165, 1.54) is 21.6 Å². The van der Waals surface area contributed by atoms with E-state index in [4.69, 9.17) is 5.11 Å². The first-order chi connectivity index (χ1) is 11.7. The van der Waals surface area contributed by atoms with E-state index in [1.807, 2.05) is 17.5 Å². The second-order valence-corrected chi connectivity index (χ2v) is 7.35. The summed E-state index contributed by atoms with van der Waals surface area (Å²) in [7, 11) is 0. The maximum absolute atomic E-state index is 10.8. The third-order valence-corrected chi connectivity index (χ3v) is 5.96. The van der Waals surface area contributed by atoms with Crippen molar-refractivity contribution in [1.29, 1.82) is 0 Å². The number of fused-ring (bicyclic) bond motifs is 2. The van der Waals surface area contributed by atoms with Gasteiger partial charge in [-0.15, -0.1) is 11.3 Å². The molecule has 0 saturated carbocycles. The highest BCUT2D eigenvalue weighted by Crippen LogP contribution is 2.38. The lowest BCUT2D eigenvalue weighted by Gasteiger charge is -2.29. The van der Waals surface area contributed by atoms with Gasteiger partial charge in [0.25, 0.3) is 0 Å². The molecule has 2 aliphatic heterocycles. The van der Waals surface area contributed by atoms with Crippen LogP contribution in [0.5, 0.6) is 0 Å². The van der Waals surface area contributed by atoms with Crippen molar-refractivity contribution in [3.05, 3.63) is 45.7 Å². The van der Waals surface area contributed by atoms with Crippen LogP contribution in [-0.4, -0.2) is 50.6 Å². The standard InChI is InChI=1S/C18H21N3O2S.H2O/c22-15(23)4-9-20-7-1-13(2-8-20)16-17-14(5-12-24-17)3-10-21-11-6-19-18(16)21;/h5-6,11-12H,1-4,7-10H2,(H,22,23);1H2. The predicted octanol–water partition coefficient (Wildman–Crippen LogP) is 2.05. The Labute approximate surface area is 150 Å². The molecule has 0 amide bonds. The minimum Gasteiger partial charge on any atom is -0.481 e. The molecule has 0 radical (unpaired) electrons. The van der Waals surface area contributed by atoms with Crippen LogP contribution < -0.4 is 0 Å². The van der Waals surface area contributed by atoms with Crippen LogP contribution in [-0.2, 0) is 17.8 Å². The fraction of sp³-hybridized carbons (Fsp3) is 0.444. The third kappa shape index (κ3) is 3.53. The first-order valence-electron chi connectivity index (χ1n) is 8.47. The molecule has 25 heavy (non-hydrogen) atoms. The average Bonchev–Trinajstić information content (AvgIpc) is 3.20. The first-order valence-corrected chi connectivity index (χ1v) is 9.35. The highest BCUT2D eigenvalue weighted by atomic mass is 32.1. The number of hydrogen-bond acceptors (Lipinski definition) is 4. The smallest absolute Gasteiger partial charge is 0.304 e. The van der Waals surface area contributed by atoms with Gasteiger partial charge in [-0.2, -0.15) is 0 Å². The Balaban J connectivity index is 0.00000182. The molecule has 2 aromatic rings. The number of carboxylic acids is 1. The van der Waals surface area contributed by atoms with Crippen LogP contribution in [0, 0.1) is 0 Å². The molecular weight excluding hydrogens is 338 g/mol. The number of carbonyl (C=O) groups is 1. The van der Waals surface area contributed by atoms with Gasteiger partial charge in [0.1, 0.15) is 5.82 Å². The molecule has 4 rings (SSSR count). The van der Waals surface area contributed by atoms with E-state index in [0.29, 0.717) is 6.54 Å². The van der Waals surface area contributed by atoms with E-state index in [9.17, 15) is 4.79 Å². The van der Waals surface area contributed by atoms with Crippen LogP contribution in [0.1, 0.15) is 35.5 Å². The fourth-order valence-corrected chi connectivity index (χ4v) is 4.72. The second-order valence-electron chi connectivity index (χ2n) is 6.43. The number of aliphatic carboxylic acids is 1. The number of piperidine rings is 1. The second kappa shape index (κ2) is 7.51. The van der Waals surface area contributed by atoms with Crippen molar-refractivity contribution in [1.82, 2.24) is 14.5 Å². The molecule has 0 unspecified atom stereocenters. The van der Waals surface area contributed by atoms with Gasteiger partial charge >= 0.3 is 5.97 Å². The molecule has 0 atom stereocenters. The maximum atomic E-state index is 10.8. The van der Waals surface area contributed by atoms with Crippen molar-refractivity contribution in [3.63, 3.8) is 0 Å². The molecule has 0 aromatic carbocycles. The topological polar surface area (TPSA) is 89.9 Å². The summed E-state index contributed by atoms with van der Waals surface area (Å²) >= 11 is 1.82. The summed E-state index contributed by atoms with van der Waals surface area (Å²) in [5, 5.41) is 11.0. The molecule has 2 aromatic heterocycles.